The highest BCUT2D eigenvalue weighted by molar-refractivity contribution is 5.79. The standard InChI is InChI=1S/C18H19N7O2/c1-2-27-14-7-5-13(6-8-14)25-17-15(23-24-25)10-20-18(22-17)21-12-4-3-11(9-12)16(19)26/h3-8,10-12H,2,9H2,1H3,(H2,19,26)(H,20,21,22)/t11-,12+/m0/s1. The van der Waals surface area contributed by atoms with Gasteiger partial charge in [0.25, 0.3) is 0 Å². The second-order valence-corrected chi connectivity index (χ2v) is 6.21. The Labute approximate surface area is 155 Å². The predicted octanol–water partition coefficient (Wildman–Crippen LogP) is 1.45. The molecule has 3 N–H and O–H groups in total. The molecule has 2 heterocycles. The van der Waals surface area contributed by atoms with Crippen LogP contribution in [-0.4, -0.2) is 43.5 Å². The molecule has 0 bridgehead atoms. The number of benzene rings is 1. The molecule has 0 radical (unpaired) electrons. The van der Waals surface area contributed by atoms with Gasteiger partial charge in [0, 0.05) is 6.04 Å². The number of nitrogens with zero attached hydrogens (tertiary/aromatic N) is 5. The summed E-state index contributed by atoms with van der Waals surface area (Å²) in [6.45, 7) is 2.55. The van der Waals surface area contributed by atoms with Gasteiger partial charge in [-0.2, -0.15) is 9.67 Å². The van der Waals surface area contributed by atoms with Crippen LogP contribution in [0.1, 0.15) is 13.3 Å². The van der Waals surface area contributed by atoms with Crippen LogP contribution in [0, 0.1) is 5.92 Å². The number of ether oxygens (including phenoxy) is 1. The molecule has 1 aliphatic rings. The van der Waals surface area contributed by atoms with Crippen LogP contribution in [0.3, 0.4) is 0 Å². The highest BCUT2D eigenvalue weighted by Gasteiger charge is 2.23. The van der Waals surface area contributed by atoms with Gasteiger partial charge in [0.2, 0.25) is 11.9 Å². The topological polar surface area (TPSA) is 121 Å². The van der Waals surface area contributed by atoms with Crippen molar-refractivity contribution in [1.82, 2.24) is 25.0 Å². The van der Waals surface area contributed by atoms with Gasteiger partial charge in [-0.25, -0.2) is 4.98 Å². The van der Waals surface area contributed by atoms with E-state index in [0.29, 0.717) is 30.1 Å². The van der Waals surface area contributed by atoms with Crippen molar-refractivity contribution in [2.24, 2.45) is 11.7 Å². The number of anilines is 1. The fourth-order valence-corrected chi connectivity index (χ4v) is 3.00. The lowest BCUT2D eigenvalue weighted by Crippen LogP contribution is -2.24. The molecule has 1 amide bonds. The van der Waals surface area contributed by atoms with Crippen LogP contribution in [0.5, 0.6) is 5.75 Å². The third-order valence-corrected chi connectivity index (χ3v) is 4.35. The molecule has 1 aliphatic carbocycles. The molecule has 3 aromatic rings. The Bertz CT molecular complexity index is 997. The number of carbonyl (C=O) groups is 1. The average Bonchev–Trinajstić information content (AvgIpc) is 3.30. The van der Waals surface area contributed by atoms with E-state index in [1.807, 2.05) is 43.3 Å². The monoisotopic (exact) mass is 365 g/mol. The van der Waals surface area contributed by atoms with E-state index < -0.39 is 0 Å². The lowest BCUT2D eigenvalue weighted by molar-refractivity contribution is -0.120. The van der Waals surface area contributed by atoms with E-state index in [1.54, 1.807) is 10.9 Å². The maximum atomic E-state index is 11.3. The van der Waals surface area contributed by atoms with Crippen LogP contribution >= 0.6 is 0 Å². The Kier molecular flexibility index (Phi) is 4.41. The largest absolute Gasteiger partial charge is 0.494 e. The molecule has 2 atom stereocenters. The lowest BCUT2D eigenvalue weighted by Gasteiger charge is -2.12. The molecule has 0 spiro atoms. The number of aromatic nitrogens is 5. The van der Waals surface area contributed by atoms with Crippen LogP contribution in [0.2, 0.25) is 0 Å². The van der Waals surface area contributed by atoms with E-state index in [1.165, 1.54) is 0 Å². The predicted molar refractivity (Wildman–Crippen MR) is 99.5 cm³/mol. The maximum Gasteiger partial charge on any atom is 0.225 e. The van der Waals surface area contributed by atoms with Gasteiger partial charge in [0.15, 0.2) is 11.2 Å². The summed E-state index contributed by atoms with van der Waals surface area (Å²) in [5, 5.41) is 11.5. The molecule has 0 saturated heterocycles. The third kappa shape index (κ3) is 3.43. The van der Waals surface area contributed by atoms with E-state index in [9.17, 15) is 4.79 Å². The number of primary amides is 1. The molecular weight excluding hydrogens is 346 g/mol. The number of nitrogens with two attached hydrogens (primary N) is 1. The normalized spacial score (nSPS) is 18.7. The number of rotatable bonds is 6. The van der Waals surface area contributed by atoms with Crippen molar-refractivity contribution in [3.8, 4) is 11.4 Å². The summed E-state index contributed by atoms with van der Waals surface area (Å²) in [4.78, 5) is 20.1. The Morgan fingerprint density at radius 1 is 1.33 bits per heavy atom. The van der Waals surface area contributed by atoms with E-state index in [-0.39, 0.29) is 17.9 Å². The Balaban J connectivity index is 1.58. The smallest absolute Gasteiger partial charge is 0.225 e. The number of carbonyl (C=O) groups excluding carboxylic acids is 1. The summed E-state index contributed by atoms with van der Waals surface area (Å²) in [6, 6.07) is 7.49. The molecule has 1 aromatic carbocycles. The van der Waals surface area contributed by atoms with Gasteiger partial charge < -0.3 is 15.8 Å². The Hall–Kier alpha value is -3.49. The van der Waals surface area contributed by atoms with E-state index >= 15 is 0 Å². The Morgan fingerprint density at radius 3 is 2.85 bits per heavy atom. The summed E-state index contributed by atoms with van der Waals surface area (Å²) in [6.07, 6.45) is 5.93. The number of amides is 1. The van der Waals surface area contributed by atoms with Crippen LogP contribution < -0.4 is 15.8 Å². The van der Waals surface area contributed by atoms with Gasteiger partial charge in [0.1, 0.15) is 5.75 Å². The minimum absolute atomic E-state index is 0.0465. The van der Waals surface area contributed by atoms with E-state index in [2.05, 4.69) is 25.6 Å². The SMILES string of the molecule is CCOc1ccc(-n2nnc3cnc(N[C@@H]4C=C[C@H](C(N)=O)C4)nc32)cc1. The first-order chi connectivity index (χ1) is 13.1. The molecule has 0 saturated carbocycles. The first kappa shape index (κ1) is 17.0. The van der Waals surface area contributed by atoms with Crippen molar-refractivity contribution in [1.29, 1.82) is 0 Å². The number of hydrogen-bond acceptors (Lipinski definition) is 7. The zero-order valence-corrected chi connectivity index (χ0v) is 14.7. The van der Waals surface area contributed by atoms with Crippen LogP contribution in [0.25, 0.3) is 16.9 Å². The third-order valence-electron chi connectivity index (χ3n) is 4.35. The molecule has 27 heavy (non-hydrogen) atoms. The maximum absolute atomic E-state index is 11.3. The molecule has 9 heteroatoms. The zero-order chi connectivity index (χ0) is 18.8. The lowest BCUT2D eigenvalue weighted by atomic mass is 10.1. The van der Waals surface area contributed by atoms with Gasteiger partial charge in [-0.3, -0.25) is 4.79 Å². The second kappa shape index (κ2) is 7.02. The van der Waals surface area contributed by atoms with Crippen LogP contribution in [0.15, 0.2) is 42.6 Å². The van der Waals surface area contributed by atoms with Gasteiger partial charge >= 0.3 is 0 Å². The molecule has 0 unspecified atom stereocenters. The quantitative estimate of drug-likeness (QED) is 0.634. The summed E-state index contributed by atoms with van der Waals surface area (Å²) in [7, 11) is 0. The first-order valence-corrected chi connectivity index (χ1v) is 8.70. The number of fused-ring (bicyclic) bond motifs is 1. The van der Waals surface area contributed by atoms with Crippen LogP contribution in [0.4, 0.5) is 5.95 Å². The van der Waals surface area contributed by atoms with Crippen molar-refractivity contribution < 1.29 is 9.53 Å². The number of nitrogens with one attached hydrogen (secondary N) is 1. The highest BCUT2D eigenvalue weighted by Crippen LogP contribution is 2.22. The molecular formula is C18H19N7O2. The first-order valence-electron chi connectivity index (χ1n) is 8.70. The van der Waals surface area contributed by atoms with E-state index in [0.717, 1.165) is 11.4 Å². The summed E-state index contributed by atoms with van der Waals surface area (Å²) >= 11 is 0. The molecule has 0 aliphatic heterocycles. The summed E-state index contributed by atoms with van der Waals surface area (Å²) < 4.78 is 7.11. The second-order valence-electron chi connectivity index (χ2n) is 6.21. The summed E-state index contributed by atoms with van der Waals surface area (Å²) in [5.74, 6) is 0.642. The van der Waals surface area contributed by atoms with Gasteiger partial charge in [-0.05, 0) is 37.6 Å². The molecule has 2 aromatic heterocycles. The van der Waals surface area contributed by atoms with Gasteiger partial charge in [0.05, 0.1) is 24.4 Å². The average molecular weight is 365 g/mol. The highest BCUT2D eigenvalue weighted by atomic mass is 16.5. The molecule has 9 nitrogen and oxygen atoms in total. The van der Waals surface area contributed by atoms with Crippen molar-refractivity contribution in [2.45, 2.75) is 19.4 Å². The van der Waals surface area contributed by atoms with Crippen molar-refractivity contribution in [2.75, 3.05) is 11.9 Å². The molecule has 4 rings (SSSR count). The zero-order valence-electron chi connectivity index (χ0n) is 14.7. The van der Waals surface area contributed by atoms with Gasteiger partial charge in [-0.1, -0.05) is 17.4 Å². The van der Waals surface area contributed by atoms with Crippen molar-refractivity contribution >= 4 is 23.0 Å². The molecule has 138 valence electrons. The van der Waals surface area contributed by atoms with Crippen LogP contribution in [-0.2, 0) is 4.79 Å². The fourth-order valence-electron chi connectivity index (χ4n) is 3.00. The Morgan fingerprint density at radius 2 is 2.15 bits per heavy atom. The molecule has 0 fully saturated rings. The van der Waals surface area contributed by atoms with E-state index in [4.69, 9.17) is 10.5 Å². The minimum atomic E-state index is -0.329. The minimum Gasteiger partial charge on any atom is -0.494 e. The fraction of sp³-hybridized carbons (Fsp3) is 0.278. The summed E-state index contributed by atoms with van der Waals surface area (Å²) in [5.41, 5.74) is 7.35. The number of hydrogen-bond donors (Lipinski definition) is 2. The van der Waals surface area contributed by atoms with Crippen molar-refractivity contribution in [3.05, 3.63) is 42.6 Å². The van der Waals surface area contributed by atoms with Gasteiger partial charge in [-0.15, -0.1) is 5.10 Å². The van der Waals surface area contributed by atoms with Crippen molar-refractivity contribution in [3.63, 3.8) is 0 Å².